The van der Waals surface area contributed by atoms with Crippen molar-refractivity contribution >= 4 is 160 Å². The van der Waals surface area contributed by atoms with Crippen molar-refractivity contribution in [3.63, 3.8) is 0 Å². The molecule has 0 fully saturated rings. The fourth-order valence-corrected chi connectivity index (χ4v) is 16.0. The summed E-state index contributed by atoms with van der Waals surface area (Å²) in [6.07, 6.45) is 0. The van der Waals surface area contributed by atoms with Gasteiger partial charge in [-0.2, -0.15) is 0 Å². The van der Waals surface area contributed by atoms with E-state index in [4.69, 9.17) is 13.3 Å². The lowest BCUT2D eigenvalue weighted by Crippen LogP contribution is -2.10. The maximum Gasteiger partial charge on any atom is 0.143 e. The van der Waals surface area contributed by atoms with Crippen LogP contribution in [0.15, 0.2) is 311 Å². The number of rotatable bonds is 11. The topological polar surface area (TPSA) is 50.3 Å². The van der Waals surface area contributed by atoms with Crippen molar-refractivity contribution in [2.75, 3.05) is 9.80 Å². The fraction of sp³-hybridized carbons (Fsp3) is 0.0652. The van der Waals surface area contributed by atoms with E-state index in [-0.39, 0.29) is 0 Å². The second kappa shape index (κ2) is 21.6. The summed E-state index contributed by atoms with van der Waals surface area (Å²) in [6.45, 7) is 9.04. The molecule has 6 nitrogen and oxygen atoms in total. The number of hydrogen-bond donors (Lipinski definition) is 0. The molecular formula is C92H63N3O3. The minimum atomic E-state index is 0.336. The molecule has 0 amide bonds. The summed E-state index contributed by atoms with van der Waals surface area (Å²) >= 11 is 0. The van der Waals surface area contributed by atoms with Crippen molar-refractivity contribution in [2.24, 2.45) is 0 Å². The van der Waals surface area contributed by atoms with E-state index in [9.17, 15) is 0 Å². The summed E-state index contributed by atoms with van der Waals surface area (Å²) in [4.78, 5) is 4.76. The lowest BCUT2D eigenvalue weighted by atomic mass is 9.95. The number of hydrogen-bond acceptors (Lipinski definition) is 5. The monoisotopic (exact) mass is 1260 g/mol. The van der Waals surface area contributed by atoms with Crippen molar-refractivity contribution in [1.29, 1.82) is 0 Å². The maximum absolute atomic E-state index is 7.27. The number of aromatic nitrogens is 1. The van der Waals surface area contributed by atoms with Crippen LogP contribution in [0.3, 0.4) is 0 Å². The number of para-hydroxylation sites is 2. The molecule has 15 aromatic carbocycles. The summed E-state index contributed by atoms with van der Waals surface area (Å²) in [5.41, 5.74) is 24.2. The van der Waals surface area contributed by atoms with E-state index in [1.54, 1.807) is 0 Å². The molecule has 0 N–H and O–H groups in total. The Kier molecular flexibility index (Phi) is 12.3. The average molecular weight is 1260 g/mol. The quantitative estimate of drug-likeness (QED) is 0.129. The van der Waals surface area contributed by atoms with Crippen LogP contribution in [-0.2, 0) is 0 Å². The minimum absolute atomic E-state index is 0.336. The van der Waals surface area contributed by atoms with E-state index >= 15 is 0 Å². The summed E-state index contributed by atoms with van der Waals surface area (Å²) < 4.78 is 23.6. The molecule has 0 aliphatic heterocycles. The first-order valence-electron chi connectivity index (χ1n) is 34.1. The van der Waals surface area contributed by atoms with Crippen molar-refractivity contribution in [3.8, 4) is 33.4 Å². The molecule has 20 aromatic rings. The summed E-state index contributed by atoms with van der Waals surface area (Å²) in [7, 11) is 0. The van der Waals surface area contributed by atoms with Gasteiger partial charge in [-0.05, 0) is 171 Å². The van der Waals surface area contributed by atoms with E-state index < -0.39 is 0 Å². The molecule has 0 saturated heterocycles. The Morgan fingerprint density at radius 2 is 0.704 bits per heavy atom. The van der Waals surface area contributed by atoms with Gasteiger partial charge in [-0.25, -0.2) is 0 Å². The van der Waals surface area contributed by atoms with Gasteiger partial charge in [-0.15, -0.1) is 0 Å². The Labute approximate surface area is 565 Å². The molecule has 0 atom stereocenters. The number of anilines is 6. The van der Waals surface area contributed by atoms with Crippen LogP contribution in [0, 0.1) is 0 Å². The van der Waals surface area contributed by atoms with Crippen LogP contribution >= 0.6 is 0 Å². The zero-order valence-electron chi connectivity index (χ0n) is 54.5. The first-order chi connectivity index (χ1) is 48.2. The van der Waals surface area contributed by atoms with Gasteiger partial charge in [-0.3, -0.25) is 0 Å². The molecule has 0 bridgehead atoms. The zero-order valence-corrected chi connectivity index (χ0v) is 54.5. The second-order valence-corrected chi connectivity index (χ2v) is 27.1. The highest BCUT2D eigenvalue weighted by atomic mass is 16.3. The molecule has 5 heterocycles. The van der Waals surface area contributed by atoms with Crippen LogP contribution in [0.5, 0.6) is 0 Å². The third-order valence-electron chi connectivity index (χ3n) is 20.8. The van der Waals surface area contributed by atoms with Crippen molar-refractivity contribution in [2.45, 2.75) is 39.5 Å². The average Bonchev–Trinajstić information content (AvgIpc) is 1.52. The molecule has 464 valence electrons. The number of nitrogens with zero attached hydrogens (tertiary/aromatic N) is 3. The van der Waals surface area contributed by atoms with E-state index in [1.165, 1.54) is 65.6 Å². The van der Waals surface area contributed by atoms with Crippen LogP contribution < -0.4 is 9.80 Å². The Hall–Kier alpha value is -12.4. The first kappa shape index (κ1) is 56.0. The Morgan fingerprint density at radius 3 is 1.26 bits per heavy atom. The first-order valence-corrected chi connectivity index (χ1v) is 34.1. The lowest BCUT2D eigenvalue weighted by Gasteiger charge is -2.27. The highest BCUT2D eigenvalue weighted by Crippen LogP contribution is 2.51. The third-order valence-corrected chi connectivity index (χ3v) is 20.8. The van der Waals surface area contributed by atoms with Gasteiger partial charge in [0.2, 0.25) is 0 Å². The summed E-state index contributed by atoms with van der Waals surface area (Å²) in [6, 6.07) is 109. The molecule has 0 aliphatic carbocycles. The van der Waals surface area contributed by atoms with Crippen LogP contribution in [0.4, 0.5) is 34.1 Å². The molecule has 5 aromatic heterocycles. The van der Waals surface area contributed by atoms with Gasteiger partial charge < -0.3 is 27.5 Å². The Balaban J connectivity index is 0.767. The van der Waals surface area contributed by atoms with E-state index in [0.29, 0.717) is 11.8 Å². The predicted molar refractivity (Wildman–Crippen MR) is 412 cm³/mol. The van der Waals surface area contributed by atoms with Crippen LogP contribution in [0.1, 0.15) is 50.7 Å². The lowest BCUT2D eigenvalue weighted by molar-refractivity contribution is 0.669. The molecule has 0 saturated carbocycles. The summed E-state index contributed by atoms with van der Waals surface area (Å²) in [5.74, 6) is 0.677. The number of furan rings is 3. The van der Waals surface area contributed by atoms with Gasteiger partial charge in [0.15, 0.2) is 0 Å². The van der Waals surface area contributed by atoms with Gasteiger partial charge in [0, 0.05) is 123 Å². The maximum atomic E-state index is 7.27. The molecule has 0 radical (unpaired) electrons. The van der Waals surface area contributed by atoms with Gasteiger partial charge in [0.05, 0.1) is 16.6 Å². The molecule has 20 rings (SSSR count). The van der Waals surface area contributed by atoms with Crippen LogP contribution in [0.2, 0.25) is 0 Å². The third kappa shape index (κ3) is 8.53. The fourth-order valence-electron chi connectivity index (χ4n) is 16.0. The van der Waals surface area contributed by atoms with E-state index in [0.717, 1.165) is 138 Å². The highest BCUT2D eigenvalue weighted by molar-refractivity contribution is 6.36. The second-order valence-electron chi connectivity index (χ2n) is 27.1. The van der Waals surface area contributed by atoms with Gasteiger partial charge in [0.1, 0.15) is 33.5 Å². The van der Waals surface area contributed by atoms with Gasteiger partial charge >= 0.3 is 0 Å². The smallest absolute Gasteiger partial charge is 0.143 e. The Bertz CT molecular complexity index is 6630. The van der Waals surface area contributed by atoms with E-state index in [2.05, 4.69) is 339 Å². The van der Waals surface area contributed by atoms with Crippen molar-refractivity contribution in [1.82, 2.24) is 4.40 Å². The molecule has 6 heteroatoms. The number of benzene rings is 15. The van der Waals surface area contributed by atoms with Gasteiger partial charge in [0.25, 0.3) is 0 Å². The van der Waals surface area contributed by atoms with Gasteiger partial charge in [-0.1, -0.05) is 198 Å². The van der Waals surface area contributed by atoms with Crippen LogP contribution in [0.25, 0.3) is 159 Å². The van der Waals surface area contributed by atoms with Crippen molar-refractivity contribution in [3.05, 3.63) is 308 Å². The SMILES string of the molecule is CC(C)c1cccc(N(c2ccc3c(c2)oc2c(-c4ccccc4)cccc23)c2ccc3c(c2)oc2c3ccc3c2ccc2c3c3cc4ccc(N(c5cccc(C(C)C)c5)c5ccc6c(c5)oc5c(-c7ccccc7)cccc56)cc4c4c5cc(-c6ccccc6)ccc5n2c34)c1. The molecule has 0 aliphatic rings. The Morgan fingerprint density at radius 1 is 0.265 bits per heavy atom. The zero-order chi connectivity index (χ0) is 65.0. The van der Waals surface area contributed by atoms with Crippen molar-refractivity contribution < 1.29 is 13.3 Å². The predicted octanol–water partition coefficient (Wildman–Crippen LogP) is 27.0. The molecule has 98 heavy (non-hydrogen) atoms. The number of fused-ring (bicyclic) bond motifs is 20. The van der Waals surface area contributed by atoms with Crippen LogP contribution in [-0.4, -0.2) is 4.40 Å². The van der Waals surface area contributed by atoms with E-state index in [1.807, 2.05) is 0 Å². The highest BCUT2D eigenvalue weighted by Gasteiger charge is 2.27. The molecular weight excluding hydrogens is 1200 g/mol. The minimum Gasteiger partial charge on any atom is -0.455 e. The summed E-state index contributed by atoms with van der Waals surface area (Å²) in [5, 5.41) is 16.0. The molecule has 0 spiro atoms. The standard InChI is InChI=1S/C92H63N3O3/c1-54(2)59-24-14-26-63(46-59)93(66-35-38-71-75-30-16-28-69(57-20-10-6-11-21-57)90(75)96-84(71)51-66)65-34-32-62-49-81-87-74-41-42-77-73-40-37-68(94(64-27-15-25-60(47-64)55(3)4)67-36-39-72-76-31-17-29-70(58-22-12-7-13-23-58)91(76)97-85(72)52-67)53-86(73)98-92(77)78(74)43-45-83(87)95-82-44-33-61(56-18-8-5-9-19-56)48-80(82)88(89(81)95)79(62)50-65/h5-55H,1-4H3. The normalized spacial score (nSPS) is 12.3. The molecule has 0 unspecified atom stereocenters. The largest absolute Gasteiger partial charge is 0.455 e.